The average molecular weight is 271 g/mol. The lowest BCUT2D eigenvalue weighted by atomic mass is 9.76. The normalized spacial score (nSPS) is 21.9. The van der Waals surface area contributed by atoms with Gasteiger partial charge in [-0.1, -0.05) is 56.4 Å². The SMILES string of the molecule is CNC(CCC1CCCC1)c1ccccc1C1CCC1. The summed E-state index contributed by atoms with van der Waals surface area (Å²) >= 11 is 0. The summed E-state index contributed by atoms with van der Waals surface area (Å²) in [5.41, 5.74) is 3.21. The Kier molecular flexibility index (Phi) is 4.77. The summed E-state index contributed by atoms with van der Waals surface area (Å²) < 4.78 is 0. The fourth-order valence-corrected chi connectivity index (χ4v) is 4.08. The smallest absolute Gasteiger partial charge is 0.0320 e. The summed E-state index contributed by atoms with van der Waals surface area (Å²) in [5, 5.41) is 3.59. The van der Waals surface area contributed by atoms with Crippen LogP contribution in [-0.4, -0.2) is 7.05 Å². The maximum atomic E-state index is 3.59. The molecule has 2 aliphatic rings. The standard InChI is InChI=1S/C19H29N/c1-20-19(14-13-15-7-2-3-8-15)18-12-5-4-11-17(18)16-9-6-10-16/h4-5,11-12,15-16,19-20H,2-3,6-10,13-14H2,1H3. The molecule has 0 saturated heterocycles. The highest BCUT2D eigenvalue weighted by Crippen LogP contribution is 2.40. The van der Waals surface area contributed by atoms with E-state index in [2.05, 4.69) is 36.6 Å². The molecule has 0 bridgehead atoms. The van der Waals surface area contributed by atoms with Gasteiger partial charge in [-0.15, -0.1) is 0 Å². The van der Waals surface area contributed by atoms with Gasteiger partial charge < -0.3 is 5.32 Å². The van der Waals surface area contributed by atoms with Gasteiger partial charge in [0.15, 0.2) is 0 Å². The van der Waals surface area contributed by atoms with E-state index in [0.717, 1.165) is 11.8 Å². The predicted molar refractivity (Wildman–Crippen MR) is 86.0 cm³/mol. The predicted octanol–water partition coefficient (Wildman–Crippen LogP) is 5.19. The molecule has 1 heteroatoms. The van der Waals surface area contributed by atoms with Gasteiger partial charge in [-0.2, -0.15) is 0 Å². The molecule has 1 atom stereocenters. The minimum Gasteiger partial charge on any atom is -0.313 e. The van der Waals surface area contributed by atoms with Gasteiger partial charge in [0.2, 0.25) is 0 Å². The number of benzene rings is 1. The van der Waals surface area contributed by atoms with Gasteiger partial charge in [-0.3, -0.25) is 0 Å². The molecule has 0 radical (unpaired) electrons. The first kappa shape index (κ1) is 14.1. The zero-order valence-corrected chi connectivity index (χ0v) is 12.9. The second-order valence-corrected chi connectivity index (χ2v) is 6.83. The molecule has 2 aliphatic carbocycles. The van der Waals surface area contributed by atoms with E-state index >= 15 is 0 Å². The highest BCUT2D eigenvalue weighted by Gasteiger charge is 2.25. The van der Waals surface area contributed by atoms with Crippen molar-refractivity contribution in [1.29, 1.82) is 0 Å². The number of rotatable bonds is 6. The van der Waals surface area contributed by atoms with E-state index in [0.29, 0.717) is 6.04 Å². The first-order valence-electron chi connectivity index (χ1n) is 8.64. The van der Waals surface area contributed by atoms with Crippen molar-refractivity contribution in [2.24, 2.45) is 5.92 Å². The van der Waals surface area contributed by atoms with Crippen LogP contribution in [0.15, 0.2) is 24.3 Å². The Morgan fingerprint density at radius 2 is 1.80 bits per heavy atom. The lowest BCUT2D eigenvalue weighted by molar-refractivity contribution is 0.399. The highest BCUT2D eigenvalue weighted by atomic mass is 14.9. The van der Waals surface area contributed by atoms with Crippen LogP contribution in [0.2, 0.25) is 0 Å². The van der Waals surface area contributed by atoms with E-state index in [-0.39, 0.29) is 0 Å². The van der Waals surface area contributed by atoms with Gasteiger partial charge >= 0.3 is 0 Å². The molecular formula is C19H29N. The van der Waals surface area contributed by atoms with Crippen molar-refractivity contribution in [3.63, 3.8) is 0 Å². The number of hydrogen-bond acceptors (Lipinski definition) is 1. The summed E-state index contributed by atoms with van der Waals surface area (Å²) in [4.78, 5) is 0. The minimum absolute atomic E-state index is 0.562. The summed E-state index contributed by atoms with van der Waals surface area (Å²) in [6, 6.07) is 9.74. The van der Waals surface area contributed by atoms with Gasteiger partial charge in [0.1, 0.15) is 0 Å². The maximum absolute atomic E-state index is 3.59. The Hall–Kier alpha value is -0.820. The van der Waals surface area contributed by atoms with Crippen molar-refractivity contribution in [3.05, 3.63) is 35.4 Å². The van der Waals surface area contributed by atoms with E-state index in [1.165, 1.54) is 57.8 Å². The molecular weight excluding hydrogens is 242 g/mol. The molecule has 0 aliphatic heterocycles. The molecule has 0 aromatic heterocycles. The zero-order valence-electron chi connectivity index (χ0n) is 12.9. The van der Waals surface area contributed by atoms with E-state index < -0.39 is 0 Å². The topological polar surface area (TPSA) is 12.0 Å². The molecule has 110 valence electrons. The van der Waals surface area contributed by atoms with Gasteiger partial charge in [0, 0.05) is 6.04 Å². The second-order valence-electron chi connectivity index (χ2n) is 6.83. The third-order valence-electron chi connectivity index (χ3n) is 5.60. The van der Waals surface area contributed by atoms with Crippen molar-refractivity contribution in [2.75, 3.05) is 7.05 Å². The molecule has 0 spiro atoms. The van der Waals surface area contributed by atoms with Crippen molar-refractivity contribution in [1.82, 2.24) is 5.32 Å². The van der Waals surface area contributed by atoms with Crippen molar-refractivity contribution >= 4 is 0 Å². The summed E-state index contributed by atoms with van der Waals surface area (Å²) in [5.74, 6) is 1.84. The molecule has 20 heavy (non-hydrogen) atoms. The molecule has 3 rings (SSSR count). The minimum atomic E-state index is 0.562. The van der Waals surface area contributed by atoms with Crippen LogP contribution in [-0.2, 0) is 0 Å². The lowest BCUT2D eigenvalue weighted by Gasteiger charge is -2.30. The Morgan fingerprint density at radius 3 is 2.45 bits per heavy atom. The van der Waals surface area contributed by atoms with Crippen molar-refractivity contribution in [3.8, 4) is 0 Å². The molecule has 0 heterocycles. The van der Waals surface area contributed by atoms with Gasteiger partial charge in [0.25, 0.3) is 0 Å². The van der Waals surface area contributed by atoms with Crippen LogP contribution in [0.1, 0.15) is 80.9 Å². The summed E-state index contributed by atoms with van der Waals surface area (Å²) in [6.45, 7) is 0. The molecule has 1 aromatic rings. The maximum Gasteiger partial charge on any atom is 0.0320 e. The van der Waals surface area contributed by atoms with Crippen LogP contribution in [0.3, 0.4) is 0 Å². The quantitative estimate of drug-likeness (QED) is 0.751. The Morgan fingerprint density at radius 1 is 1.05 bits per heavy atom. The highest BCUT2D eigenvalue weighted by molar-refractivity contribution is 5.34. The fraction of sp³-hybridized carbons (Fsp3) is 0.684. The average Bonchev–Trinajstić information content (AvgIpc) is 2.92. The van der Waals surface area contributed by atoms with E-state index in [1.807, 2.05) is 0 Å². The molecule has 1 N–H and O–H groups in total. The Bertz CT molecular complexity index is 416. The third kappa shape index (κ3) is 3.09. The van der Waals surface area contributed by atoms with Gasteiger partial charge in [-0.05, 0) is 55.7 Å². The second kappa shape index (κ2) is 6.76. The fourth-order valence-electron chi connectivity index (χ4n) is 4.08. The Balaban J connectivity index is 1.67. The van der Waals surface area contributed by atoms with Crippen molar-refractivity contribution < 1.29 is 0 Å². The van der Waals surface area contributed by atoms with Crippen LogP contribution >= 0.6 is 0 Å². The molecule has 1 aromatic carbocycles. The third-order valence-corrected chi connectivity index (χ3v) is 5.60. The molecule has 0 amide bonds. The van der Waals surface area contributed by atoms with Crippen molar-refractivity contribution in [2.45, 2.75) is 69.7 Å². The van der Waals surface area contributed by atoms with Gasteiger partial charge in [0.05, 0.1) is 0 Å². The van der Waals surface area contributed by atoms with E-state index in [1.54, 1.807) is 11.1 Å². The largest absolute Gasteiger partial charge is 0.313 e. The van der Waals surface area contributed by atoms with Crippen LogP contribution in [0.4, 0.5) is 0 Å². The van der Waals surface area contributed by atoms with E-state index in [4.69, 9.17) is 0 Å². The first-order chi connectivity index (χ1) is 9.88. The summed E-state index contributed by atoms with van der Waals surface area (Å²) in [7, 11) is 2.14. The number of nitrogens with one attached hydrogen (secondary N) is 1. The molecule has 2 saturated carbocycles. The lowest BCUT2D eigenvalue weighted by Crippen LogP contribution is -2.21. The monoisotopic (exact) mass is 271 g/mol. The molecule has 1 unspecified atom stereocenters. The zero-order chi connectivity index (χ0) is 13.8. The van der Waals surface area contributed by atoms with Crippen LogP contribution in [0.5, 0.6) is 0 Å². The van der Waals surface area contributed by atoms with Crippen LogP contribution < -0.4 is 5.32 Å². The summed E-state index contributed by atoms with van der Waals surface area (Å²) in [6.07, 6.45) is 12.8. The number of hydrogen-bond donors (Lipinski definition) is 1. The van der Waals surface area contributed by atoms with E-state index in [9.17, 15) is 0 Å². The first-order valence-corrected chi connectivity index (χ1v) is 8.64. The Labute approximate surface area is 124 Å². The van der Waals surface area contributed by atoms with Gasteiger partial charge in [-0.25, -0.2) is 0 Å². The molecule has 2 fully saturated rings. The van der Waals surface area contributed by atoms with Crippen LogP contribution in [0.25, 0.3) is 0 Å². The molecule has 1 nitrogen and oxygen atoms in total. The van der Waals surface area contributed by atoms with Crippen LogP contribution in [0, 0.1) is 5.92 Å².